The van der Waals surface area contributed by atoms with Crippen LogP contribution in [0.3, 0.4) is 0 Å². The average Bonchev–Trinajstić information content (AvgIpc) is 2.82. The van der Waals surface area contributed by atoms with E-state index in [-0.39, 0.29) is 36.0 Å². The number of anilines is 1. The molecule has 2 saturated heterocycles. The summed E-state index contributed by atoms with van der Waals surface area (Å²) in [6, 6.07) is 14.9. The van der Waals surface area contributed by atoms with Gasteiger partial charge in [-0.05, 0) is 49.6 Å². The van der Waals surface area contributed by atoms with Crippen molar-refractivity contribution < 1.29 is 9.53 Å². The molecule has 4 rings (SSSR count). The Morgan fingerprint density at radius 1 is 1.18 bits per heavy atom. The standard InChI is InChI=1S/C26H35N5O2.HI/c1-4-27-26(31-13-14-33-24(17-31)23-10-5-19(2)15-20(23)3)29-16-21-6-8-22(9-7-21)30-12-11-28-25(32)18-30;/h5-10,15,24H,4,11-14,16-18H2,1-3H3,(H,27,29)(H,28,32);1H. The van der Waals surface area contributed by atoms with E-state index in [0.29, 0.717) is 26.2 Å². The van der Waals surface area contributed by atoms with Crippen molar-refractivity contribution in [2.75, 3.05) is 50.8 Å². The van der Waals surface area contributed by atoms with Crippen LogP contribution in [0, 0.1) is 13.8 Å². The molecular formula is C26H36IN5O2. The van der Waals surface area contributed by atoms with Crippen molar-refractivity contribution in [1.82, 2.24) is 15.5 Å². The SMILES string of the molecule is CCNC(=NCc1ccc(N2CCNC(=O)C2)cc1)N1CCOC(c2ccc(C)cc2C)C1.I. The summed E-state index contributed by atoms with van der Waals surface area (Å²) in [5.41, 5.74) is 6.02. The van der Waals surface area contributed by atoms with E-state index in [2.05, 4.69) is 83.7 Å². The molecule has 2 fully saturated rings. The van der Waals surface area contributed by atoms with Crippen LogP contribution < -0.4 is 15.5 Å². The van der Waals surface area contributed by atoms with Crippen LogP contribution in [0.4, 0.5) is 5.69 Å². The van der Waals surface area contributed by atoms with Crippen LogP contribution in [0.25, 0.3) is 0 Å². The van der Waals surface area contributed by atoms with Gasteiger partial charge in [-0.2, -0.15) is 0 Å². The van der Waals surface area contributed by atoms with Gasteiger partial charge in [0.25, 0.3) is 0 Å². The average molecular weight is 578 g/mol. The Morgan fingerprint density at radius 3 is 2.68 bits per heavy atom. The lowest BCUT2D eigenvalue weighted by molar-refractivity contribution is -0.120. The lowest BCUT2D eigenvalue weighted by atomic mass is 10.00. The molecule has 2 aliphatic heterocycles. The van der Waals surface area contributed by atoms with E-state index in [4.69, 9.17) is 9.73 Å². The molecule has 2 heterocycles. The van der Waals surface area contributed by atoms with Crippen LogP contribution in [0.2, 0.25) is 0 Å². The number of nitrogens with one attached hydrogen (secondary N) is 2. The molecule has 0 aromatic heterocycles. The second kappa shape index (κ2) is 12.4. The molecule has 2 N–H and O–H groups in total. The number of ether oxygens (including phenoxy) is 1. The van der Waals surface area contributed by atoms with Gasteiger partial charge in [-0.3, -0.25) is 4.79 Å². The summed E-state index contributed by atoms with van der Waals surface area (Å²) >= 11 is 0. The van der Waals surface area contributed by atoms with Crippen molar-refractivity contribution in [2.24, 2.45) is 4.99 Å². The van der Waals surface area contributed by atoms with Crippen LogP contribution in [-0.2, 0) is 16.1 Å². The van der Waals surface area contributed by atoms with E-state index in [1.54, 1.807) is 0 Å². The highest BCUT2D eigenvalue weighted by Crippen LogP contribution is 2.26. The van der Waals surface area contributed by atoms with Gasteiger partial charge >= 0.3 is 0 Å². The van der Waals surface area contributed by atoms with Gasteiger partial charge in [0, 0.05) is 31.9 Å². The number of guanidine groups is 1. The van der Waals surface area contributed by atoms with Crippen LogP contribution in [-0.4, -0.2) is 62.6 Å². The largest absolute Gasteiger partial charge is 0.370 e. The molecule has 8 heteroatoms. The Bertz CT molecular complexity index is 995. The number of morpholine rings is 1. The number of piperazine rings is 1. The predicted molar refractivity (Wildman–Crippen MR) is 148 cm³/mol. The molecular weight excluding hydrogens is 541 g/mol. The molecule has 34 heavy (non-hydrogen) atoms. The first-order valence-electron chi connectivity index (χ1n) is 11.9. The third kappa shape index (κ3) is 6.63. The number of nitrogens with zero attached hydrogens (tertiary/aromatic N) is 3. The van der Waals surface area contributed by atoms with Crippen LogP contribution in [0.1, 0.15) is 35.3 Å². The number of rotatable bonds is 5. The maximum atomic E-state index is 11.7. The molecule has 0 bridgehead atoms. The summed E-state index contributed by atoms with van der Waals surface area (Å²) in [7, 11) is 0. The molecule has 1 unspecified atom stereocenters. The minimum absolute atomic E-state index is 0. The summed E-state index contributed by atoms with van der Waals surface area (Å²) < 4.78 is 6.13. The van der Waals surface area contributed by atoms with Crippen LogP contribution >= 0.6 is 24.0 Å². The van der Waals surface area contributed by atoms with Gasteiger partial charge in [0.1, 0.15) is 6.10 Å². The van der Waals surface area contributed by atoms with Gasteiger partial charge in [-0.1, -0.05) is 35.9 Å². The molecule has 2 aromatic rings. The molecule has 0 saturated carbocycles. The summed E-state index contributed by atoms with van der Waals surface area (Å²) in [6.07, 6.45) is 0.0456. The number of hydrogen-bond donors (Lipinski definition) is 2. The van der Waals surface area contributed by atoms with Crippen LogP contribution in [0.15, 0.2) is 47.5 Å². The summed E-state index contributed by atoms with van der Waals surface area (Å²) in [5.74, 6) is 1.00. The van der Waals surface area contributed by atoms with E-state index < -0.39 is 0 Å². The smallest absolute Gasteiger partial charge is 0.239 e. The molecule has 0 radical (unpaired) electrons. The molecule has 184 valence electrons. The number of aliphatic imine (C=N–C) groups is 1. The molecule has 0 aliphatic carbocycles. The first-order valence-corrected chi connectivity index (χ1v) is 11.9. The first kappa shape index (κ1) is 26.3. The highest BCUT2D eigenvalue weighted by molar-refractivity contribution is 14.0. The number of hydrogen-bond acceptors (Lipinski definition) is 4. The maximum Gasteiger partial charge on any atom is 0.239 e. The van der Waals surface area contributed by atoms with E-state index in [0.717, 1.165) is 43.4 Å². The monoisotopic (exact) mass is 577 g/mol. The molecule has 0 spiro atoms. The normalized spacial score (nSPS) is 18.9. The number of carbonyl (C=O) groups is 1. The molecule has 1 atom stereocenters. The fraction of sp³-hybridized carbons (Fsp3) is 0.462. The summed E-state index contributed by atoms with van der Waals surface area (Å²) in [4.78, 5) is 21.0. The third-order valence-corrected chi connectivity index (χ3v) is 6.22. The van der Waals surface area contributed by atoms with Gasteiger partial charge in [0.15, 0.2) is 5.96 Å². The van der Waals surface area contributed by atoms with E-state index in [9.17, 15) is 4.79 Å². The Morgan fingerprint density at radius 2 is 1.97 bits per heavy atom. The van der Waals surface area contributed by atoms with Crippen LogP contribution in [0.5, 0.6) is 0 Å². The highest BCUT2D eigenvalue weighted by Gasteiger charge is 2.25. The zero-order valence-electron chi connectivity index (χ0n) is 20.3. The molecule has 1 amide bonds. The summed E-state index contributed by atoms with van der Waals surface area (Å²) in [6.45, 7) is 12.0. The van der Waals surface area contributed by atoms with Crippen molar-refractivity contribution in [3.05, 3.63) is 64.7 Å². The van der Waals surface area contributed by atoms with Crippen molar-refractivity contribution in [1.29, 1.82) is 0 Å². The van der Waals surface area contributed by atoms with Gasteiger partial charge in [-0.15, -0.1) is 24.0 Å². The number of halogens is 1. The van der Waals surface area contributed by atoms with E-state index >= 15 is 0 Å². The van der Waals surface area contributed by atoms with Crippen molar-refractivity contribution in [2.45, 2.75) is 33.4 Å². The van der Waals surface area contributed by atoms with Gasteiger partial charge in [0.05, 0.1) is 26.2 Å². The summed E-state index contributed by atoms with van der Waals surface area (Å²) in [5, 5.41) is 6.32. The highest BCUT2D eigenvalue weighted by atomic mass is 127. The lowest BCUT2D eigenvalue weighted by Gasteiger charge is -2.36. The zero-order valence-corrected chi connectivity index (χ0v) is 22.7. The predicted octanol–water partition coefficient (Wildman–Crippen LogP) is 3.40. The number of aryl methyl sites for hydroxylation is 2. The number of amides is 1. The Labute approximate surface area is 220 Å². The van der Waals surface area contributed by atoms with E-state index in [1.807, 2.05) is 0 Å². The van der Waals surface area contributed by atoms with Crippen molar-refractivity contribution in [3.63, 3.8) is 0 Å². The molecule has 7 nitrogen and oxygen atoms in total. The quantitative estimate of drug-likeness (QED) is 0.324. The minimum Gasteiger partial charge on any atom is -0.370 e. The Hall–Kier alpha value is -2.33. The third-order valence-electron chi connectivity index (χ3n) is 6.22. The van der Waals surface area contributed by atoms with E-state index in [1.165, 1.54) is 16.7 Å². The lowest BCUT2D eigenvalue weighted by Crippen LogP contribution is -2.48. The fourth-order valence-corrected chi connectivity index (χ4v) is 4.48. The second-order valence-electron chi connectivity index (χ2n) is 8.77. The topological polar surface area (TPSA) is 69.2 Å². The maximum absolute atomic E-state index is 11.7. The van der Waals surface area contributed by atoms with Crippen molar-refractivity contribution >= 4 is 41.5 Å². The molecule has 2 aliphatic rings. The minimum atomic E-state index is 0. The zero-order chi connectivity index (χ0) is 23.2. The first-order chi connectivity index (χ1) is 16.0. The Kier molecular flexibility index (Phi) is 9.58. The Balaban J connectivity index is 0.00000324. The number of benzene rings is 2. The van der Waals surface area contributed by atoms with Crippen molar-refractivity contribution in [3.8, 4) is 0 Å². The molecule has 2 aromatic carbocycles. The number of carbonyl (C=O) groups excluding carboxylic acids is 1. The fourth-order valence-electron chi connectivity index (χ4n) is 4.48. The van der Waals surface area contributed by atoms with Gasteiger partial charge in [0.2, 0.25) is 5.91 Å². The second-order valence-corrected chi connectivity index (χ2v) is 8.77. The van der Waals surface area contributed by atoms with Gasteiger partial charge < -0.3 is 25.2 Å². The van der Waals surface area contributed by atoms with Gasteiger partial charge in [-0.25, -0.2) is 4.99 Å².